The Kier molecular flexibility index (Phi) is 8.85. The minimum Gasteiger partial charge on any atom is -0.494 e. The van der Waals surface area contributed by atoms with Crippen LogP contribution in [0, 0.1) is 5.92 Å². The molecule has 0 spiro atoms. The van der Waals surface area contributed by atoms with Crippen LogP contribution in [0.3, 0.4) is 0 Å². The minimum atomic E-state index is -0.976. The van der Waals surface area contributed by atoms with E-state index >= 15 is 0 Å². The molecule has 6 heteroatoms. The molecule has 1 aromatic heterocycles. The predicted molar refractivity (Wildman–Crippen MR) is 124 cm³/mol. The van der Waals surface area contributed by atoms with Gasteiger partial charge in [0.15, 0.2) is 0 Å². The number of carbonyl (C=O) groups is 1. The summed E-state index contributed by atoms with van der Waals surface area (Å²) in [6.45, 7) is 5.72. The number of nitrogens with one attached hydrogen (secondary N) is 2. The van der Waals surface area contributed by atoms with E-state index < -0.39 is 5.54 Å². The van der Waals surface area contributed by atoms with Crippen molar-refractivity contribution in [2.75, 3.05) is 26.2 Å². The number of benzene rings is 1. The van der Waals surface area contributed by atoms with Crippen LogP contribution >= 0.6 is 0 Å². The normalized spacial score (nSPS) is 16.5. The van der Waals surface area contributed by atoms with Gasteiger partial charge in [-0.15, -0.1) is 0 Å². The highest BCUT2D eigenvalue weighted by atomic mass is 16.5. The third kappa shape index (κ3) is 6.52. The maximum atomic E-state index is 12.9. The van der Waals surface area contributed by atoms with E-state index in [0.29, 0.717) is 18.9 Å². The van der Waals surface area contributed by atoms with Crippen molar-refractivity contribution in [2.24, 2.45) is 11.7 Å². The Labute approximate surface area is 186 Å². The molecule has 1 aliphatic heterocycles. The van der Waals surface area contributed by atoms with Crippen molar-refractivity contribution in [1.82, 2.24) is 15.6 Å². The molecule has 1 unspecified atom stereocenters. The number of primary amides is 1. The van der Waals surface area contributed by atoms with Crippen molar-refractivity contribution in [3.05, 3.63) is 59.9 Å². The Morgan fingerprint density at radius 2 is 1.90 bits per heavy atom. The molecule has 1 amide bonds. The fourth-order valence-electron chi connectivity index (χ4n) is 4.22. The molecule has 1 aliphatic rings. The van der Waals surface area contributed by atoms with E-state index in [1.165, 1.54) is 12.8 Å². The number of aromatic nitrogens is 1. The van der Waals surface area contributed by atoms with Crippen molar-refractivity contribution in [3.8, 4) is 5.75 Å². The van der Waals surface area contributed by atoms with Crippen LogP contribution in [0.2, 0.25) is 0 Å². The molecule has 31 heavy (non-hydrogen) atoms. The lowest BCUT2D eigenvalue weighted by atomic mass is 9.82. The quantitative estimate of drug-likeness (QED) is 0.456. The molecule has 4 N–H and O–H groups in total. The minimum absolute atomic E-state index is 0.366. The zero-order chi connectivity index (χ0) is 21.9. The molecule has 3 rings (SSSR count). The molecule has 1 fully saturated rings. The van der Waals surface area contributed by atoms with Gasteiger partial charge in [-0.25, -0.2) is 0 Å². The number of amides is 1. The van der Waals surface area contributed by atoms with E-state index in [1.807, 2.05) is 36.4 Å². The number of hydrogen-bond donors (Lipinski definition) is 3. The van der Waals surface area contributed by atoms with Gasteiger partial charge in [-0.1, -0.05) is 25.5 Å². The van der Waals surface area contributed by atoms with Gasteiger partial charge in [0.2, 0.25) is 5.91 Å². The lowest BCUT2D eigenvalue weighted by Crippen LogP contribution is -2.54. The molecular weight excluding hydrogens is 388 g/mol. The Morgan fingerprint density at radius 1 is 1.19 bits per heavy atom. The smallest absolute Gasteiger partial charge is 0.242 e. The fraction of sp³-hybridized carbons (Fsp3) is 0.520. The van der Waals surface area contributed by atoms with Crippen molar-refractivity contribution < 1.29 is 9.53 Å². The summed E-state index contributed by atoms with van der Waals surface area (Å²) < 4.78 is 5.80. The number of ether oxygens (including phenoxy) is 1. The zero-order valence-electron chi connectivity index (χ0n) is 18.6. The van der Waals surface area contributed by atoms with Gasteiger partial charge in [-0.05, 0) is 86.6 Å². The Balaban J connectivity index is 1.80. The van der Waals surface area contributed by atoms with Crippen LogP contribution in [-0.2, 0) is 16.8 Å². The number of rotatable bonds is 12. The van der Waals surface area contributed by atoms with Crippen LogP contribution in [-0.4, -0.2) is 37.1 Å². The number of nitrogens with two attached hydrogens (primary N) is 1. The summed E-state index contributed by atoms with van der Waals surface area (Å²) in [4.78, 5) is 17.0. The molecule has 168 valence electrons. The number of pyridine rings is 1. The SMILES string of the molecule is CCCCOc1ccc(C(Cc2ccncc2)(NCCC2CCNCC2)C(N)=O)cc1. The van der Waals surface area contributed by atoms with E-state index in [0.717, 1.165) is 55.8 Å². The highest BCUT2D eigenvalue weighted by molar-refractivity contribution is 5.86. The summed E-state index contributed by atoms with van der Waals surface area (Å²) in [6, 6.07) is 11.7. The summed E-state index contributed by atoms with van der Waals surface area (Å²) in [5, 5.41) is 6.97. The van der Waals surface area contributed by atoms with Gasteiger partial charge in [0.05, 0.1) is 6.61 Å². The van der Waals surface area contributed by atoms with Crippen molar-refractivity contribution in [1.29, 1.82) is 0 Å². The summed E-state index contributed by atoms with van der Waals surface area (Å²) in [5.74, 6) is 1.12. The van der Waals surface area contributed by atoms with Gasteiger partial charge in [0.1, 0.15) is 11.3 Å². The molecule has 2 heterocycles. The number of carbonyl (C=O) groups excluding carboxylic acids is 1. The number of hydrogen-bond acceptors (Lipinski definition) is 5. The third-order valence-electron chi connectivity index (χ3n) is 6.19. The number of unbranched alkanes of at least 4 members (excludes halogenated alkanes) is 1. The van der Waals surface area contributed by atoms with E-state index in [1.54, 1.807) is 12.4 Å². The highest BCUT2D eigenvalue weighted by Gasteiger charge is 2.38. The molecule has 0 radical (unpaired) electrons. The van der Waals surface area contributed by atoms with Crippen LogP contribution in [0.15, 0.2) is 48.8 Å². The summed E-state index contributed by atoms with van der Waals surface area (Å²) in [5.41, 5.74) is 6.96. The first-order valence-electron chi connectivity index (χ1n) is 11.5. The van der Waals surface area contributed by atoms with Crippen LogP contribution in [0.4, 0.5) is 0 Å². The Bertz CT molecular complexity index is 791. The molecule has 1 saturated heterocycles. The lowest BCUT2D eigenvalue weighted by Gasteiger charge is -2.34. The standard InChI is InChI=1S/C25H36N4O2/c1-2-3-18-31-23-6-4-22(5-7-23)25(24(26)30,19-21-10-15-28-16-11-21)29-17-12-20-8-13-27-14-9-20/h4-7,10-11,15-16,20,27,29H,2-3,8-9,12-14,17-19H2,1H3,(H2,26,30). The summed E-state index contributed by atoms with van der Waals surface area (Å²) >= 11 is 0. The Morgan fingerprint density at radius 3 is 2.55 bits per heavy atom. The van der Waals surface area contributed by atoms with Crippen molar-refractivity contribution >= 4 is 5.91 Å². The third-order valence-corrected chi connectivity index (χ3v) is 6.19. The van der Waals surface area contributed by atoms with Crippen molar-refractivity contribution in [2.45, 2.75) is 51.0 Å². The number of nitrogens with zero attached hydrogens (tertiary/aromatic N) is 1. The number of piperidine rings is 1. The molecule has 1 atom stereocenters. The van der Waals surface area contributed by atoms with E-state index in [2.05, 4.69) is 22.5 Å². The van der Waals surface area contributed by atoms with Crippen LogP contribution < -0.4 is 21.1 Å². The van der Waals surface area contributed by atoms with E-state index in [-0.39, 0.29) is 5.91 Å². The molecule has 2 aromatic rings. The van der Waals surface area contributed by atoms with Crippen molar-refractivity contribution in [3.63, 3.8) is 0 Å². The van der Waals surface area contributed by atoms with Gasteiger partial charge >= 0.3 is 0 Å². The van der Waals surface area contributed by atoms with Gasteiger partial charge in [-0.2, -0.15) is 0 Å². The largest absolute Gasteiger partial charge is 0.494 e. The van der Waals surface area contributed by atoms with Crippen LogP contribution in [0.25, 0.3) is 0 Å². The molecular formula is C25H36N4O2. The fourth-order valence-corrected chi connectivity index (χ4v) is 4.22. The predicted octanol–water partition coefficient (Wildman–Crippen LogP) is 3.16. The molecule has 6 nitrogen and oxygen atoms in total. The average Bonchev–Trinajstić information content (AvgIpc) is 2.80. The first-order valence-corrected chi connectivity index (χ1v) is 11.5. The van der Waals surface area contributed by atoms with Crippen LogP contribution in [0.1, 0.15) is 50.2 Å². The van der Waals surface area contributed by atoms with Gasteiger partial charge < -0.3 is 15.8 Å². The van der Waals surface area contributed by atoms with E-state index in [4.69, 9.17) is 10.5 Å². The first kappa shape index (κ1) is 23.2. The molecule has 0 saturated carbocycles. The molecule has 0 bridgehead atoms. The average molecular weight is 425 g/mol. The van der Waals surface area contributed by atoms with Crippen LogP contribution in [0.5, 0.6) is 5.75 Å². The topological polar surface area (TPSA) is 89.3 Å². The first-order chi connectivity index (χ1) is 15.1. The van der Waals surface area contributed by atoms with E-state index in [9.17, 15) is 4.79 Å². The Hall–Kier alpha value is -2.44. The second-order valence-corrected chi connectivity index (χ2v) is 8.44. The second-order valence-electron chi connectivity index (χ2n) is 8.44. The maximum absolute atomic E-state index is 12.9. The monoisotopic (exact) mass is 424 g/mol. The van der Waals surface area contributed by atoms with Gasteiger partial charge in [0.25, 0.3) is 0 Å². The summed E-state index contributed by atoms with van der Waals surface area (Å²) in [6.07, 6.45) is 9.49. The second kappa shape index (κ2) is 11.8. The molecule has 1 aromatic carbocycles. The maximum Gasteiger partial charge on any atom is 0.242 e. The van der Waals surface area contributed by atoms with Gasteiger partial charge in [0, 0.05) is 18.8 Å². The highest BCUT2D eigenvalue weighted by Crippen LogP contribution is 2.28. The molecule has 0 aliphatic carbocycles. The zero-order valence-corrected chi connectivity index (χ0v) is 18.6. The summed E-state index contributed by atoms with van der Waals surface area (Å²) in [7, 11) is 0. The van der Waals surface area contributed by atoms with Gasteiger partial charge in [-0.3, -0.25) is 15.1 Å². The lowest BCUT2D eigenvalue weighted by molar-refractivity contribution is -0.124.